The molecule has 1 nitrogen and oxygen atoms in total. The Balaban J connectivity index is 2.35. The highest BCUT2D eigenvalue weighted by Crippen LogP contribution is 2.15. The number of benzene rings is 1. The van der Waals surface area contributed by atoms with Crippen molar-refractivity contribution in [2.45, 2.75) is 26.8 Å². The summed E-state index contributed by atoms with van der Waals surface area (Å²) in [6.45, 7) is 6.54. The predicted molar refractivity (Wildman–Crippen MR) is 65.3 cm³/mol. The minimum atomic E-state index is 0.762. The van der Waals surface area contributed by atoms with Crippen molar-refractivity contribution in [1.82, 2.24) is 5.32 Å². The largest absolute Gasteiger partial charge is 0.312 e. The van der Waals surface area contributed by atoms with Crippen molar-refractivity contribution >= 4 is 15.9 Å². The van der Waals surface area contributed by atoms with E-state index in [-0.39, 0.29) is 0 Å². The van der Waals surface area contributed by atoms with Crippen LogP contribution in [0.3, 0.4) is 0 Å². The second-order valence-electron chi connectivity index (χ2n) is 3.74. The molecule has 0 amide bonds. The average molecular weight is 256 g/mol. The molecule has 0 aliphatic heterocycles. The molecule has 0 aliphatic carbocycles. The molecule has 14 heavy (non-hydrogen) atoms. The molecule has 2 heteroatoms. The fourth-order valence-corrected chi connectivity index (χ4v) is 1.66. The molecular formula is C12H18BrN. The summed E-state index contributed by atoms with van der Waals surface area (Å²) >= 11 is 3.54. The highest BCUT2D eigenvalue weighted by molar-refractivity contribution is 9.10. The molecule has 1 aromatic carbocycles. The van der Waals surface area contributed by atoms with Crippen molar-refractivity contribution in [1.29, 1.82) is 0 Å². The minimum absolute atomic E-state index is 0.762. The van der Waals surface area contributed by atoms with Gasteiger partial charge in [0, 0.05) is 11.0 Å². The van der Waals surface area contributed by atoms with Crippen molar-refractivity contribution < 1.29 is 0 Å². The Kier molecular flexibility index (Phi) is 5.20. The lowest BCUT2D eigenvalue weighted by molar-refractivity contribution is 0.499. The monoisotopic (exact) mass is 255 g/mol. The van der Waals surface area contributed by atoms with E-state index < -0.39 is 0 Å². The highest BCUT2D eigenvalue weighted by atomic mass is 79.9. The number of halogens is 1. The van der Waals surface area contributed by atoms with Gasteiger partial charge in [-0.05, 0) is 24.1 Å². The van der Waals surface area contributed by atoms with Gasteiger partial charge >= 0.3 is 0 Å². The Bertz CT molecular complexity index is 273. The number of hydrogen-bond donors (Lipinski definition) is 1. The van der Waals surface area contributed by atoms with E-state index in [1.807, 2.05) is 6.07 Å². The lowest BCUT2D eigenvalue weighted by Gasteiger charge is -2.10. The molecule has 1 aromatic rings. The lowest BCUT2D eigenvalue weighted by atomic mass is 10.1. The smallest absolute Gasteiger partial charge is 0.0220 e. The summed E-state index contributed by atoms with van der Waals surface area (Å²) in [4.78, 5) is 0. The van der Waals surface area contributed by atoms with Crippen molar-refractivity contribution in [3.8, 4) is 0 Å². The number of nitrogens with one attached hydrogen (secondary N) is 1. The van der Waals surface area contributed by atoms with Crippen LogP contribution in [-0.4, -0.2) is 6.54 Å². The molecule has 1 rings (SSSR count). The molecule has 1 atom stereocenters. The molecule has 0 radical (unpaired) electrons. The molecule has 0 spiro atoms. The summed E-state index contributed by atoms with van der Waals surface area (Å²) in [7, 11) is 0. The molecule has 0 fully saturated rings. The SMILES string of the molecule is CC[C@@H](C)CNCc1ccccc1Br. The number of rotatable bonds is 5. The average Bonchev–Trinajstić information content (AvgIpc) is 2.20. The topological polar surface area (TPSA) is 12.0 Å². The minimum Gasteiger partial charge on any atom is -0.312 e. The zero-order valence-corrected chi connectivity index (χ0v) is 10.5. The molecule has 1 N–H and O–H groups in total. The Morgan fingerprint density at radius 3 is 2.71 bits per heavy atom. The third-order valence-corrected chi connectivity index (χ3v) is 3.24. The molecule has 78 valence electrons. The predicted octanol–water partition coefficient (Wildman–Crippen LogP) is 3.58. The normalized spacial score (nSPS) is 12.8. The van der Waals surface area contributed by atoms with Crippen LogP contribution in [0.15, 0.2) is 28.7 Å². The maximum Gasteiger partial charge on any atom is 0.0220 e. The molecule has 0 aromatic heterocycles. The van der Waals surface area contributed by atoms with Gasteiger partial charge in [0.25, 0.3) is 0 Å². The van der Waals surface area contributed by atoms with Gasteiger partial charge < -0.3 is 5.32 Å². The number of hydrogen-bond acceptors (Lipinski definition) is 1. The molecule has 0 bridgehead atoms. The van der Waals surface area contributed by atoms with Gasteiger partial charge in [-0.2, -0.15) is 0 Å². The zero-order chi connectivity index (χ0) is 10.4. The first kappa shape index (κ1) is 11.7. The van der Waals surface area contributed by atoms with Crippen LogP contribution in [0.25, 0.3) is 0 Å². The molecule has 0 heterocycles. The van der Waals surface area contributed by atoms with E-state index in [1.54, 1.807) is 0 Å². The summed E-state index contributed by atoms with van der Waals surface area (Å²) in [5.74, 6) is 0.762. The van der Waals surface area contributed by atoms with Gasteiger partial charge in [-0.25, -0.2) is 0 Å². The summed E-state index contributed by atoms with van der Waals surface area (Å²) in [6.07, 6.45) is 1.24. The van der Waals surface area contributed by atoms with Gasteiger partial charge in [-0.1, -0.05) is 54.4 Å². The summed E-state index contributed by atoms with van der Waals surface area (Å²) in [5, 5.41) is 3.46. The van der Waals surface area contributed by atoms with Crippen LogP contribution < -0.4 is 5.32 Å². The third-order valence-electron chi connectivity index (χ3n) is 2.46. The van der Waals surface area contributed by atoms with Crippen molar-refractivity contribution in [2.24, 2.45) is 5.92 Å². The van der Waals surface area contributed by atoms with Crippen molar-refractivity contribution in [3.63, 3.8) is 0 Å². The van der Waals surface area contributed by atoms with Gasteiger partial charge in [0.15, 0.2) is 0 Å². The molecule has 0 saturated heterocycles. The van der Waals surface area contributed by atoms with E-state index in [2.05, 4.69) is 53.3 Å². The third kappa shape index (κ3) is 3.81. The van der Waals surface area contributed by atoms with Crippen molar-refractivity contribution in [3.05, 3.63) is 34.3 Å². The lowest BCUT2D eigenvalue weighted by Crippen LogP contribution is -2.20. The van der Waals surface area contributed by atoms with E-state index in [9.17, 15) is 0 Å². The molecular weight excluding hydrogens is 238 g/mol. The zero-order valence-electron chi connectivity index (χ0n) is 8.89. The summed E-state index contributed by atoms with van der Waals surface area (Å²) < 4.78 is 1.19. The van der Waals surface area contributed by atoms with Gasteiger partial charge in [-0.15, -0.1) is 0 Å². The highest BCUT2D eigenvalue weighted by Gasteiger charge is 2.00. The molecule has 0 saturated carbocycles. The van der Waals surface area contributed by atoms with Crippen LogP contribution in [-0.2, 0) is 6.54 Å². The first-order valence-corrected chi connectivity index (χ1v) is 5.97. The van der Waals surface area contributed by atoms with Gasteiger partial charge in [0.1, 0.15) is 0 Å². The summed E-state index contributed by atoms with van der Waals surface area (Å²) in [6, 6.07) is 8.35. The fourth-order valence-electron chi connectivity index (χ4n) is 1.24. The second kappa shape index (κ2) is 6.20. The van der Waals surface area contributed by atoms with E-state index in [4.69, 9.17) is 0 Å². The van der Waals surface area contributed by atoms with E-state index in [0.29, 0.717) is 0 Å². The second-order valence-corrected chi connectivity index (χ2v) is 4.59. The standard InChI is InChI=1S/C12H18BrN/c1-3-10(2)8-14-9-11-6-4-5-7-12(11)13/h4-7,10,14H,3,8-9H2,1-2H3/t10-/m1/s1. The Morgan fingerprint density at radius 1 is 1.36 bits per heavy atom. The van der Waals surface area contributed by atoms with Crippen LogP contribution >= 0.6 is 15.9 Å². The molecule has 0 unspecified atom stereocenters. The van der Waals surface area contributed by atoms with Crippen LogP contribution in [0.5, 0.6) is 0 Å². The Morgan fingerprint density at radius 2 is 2.07 bits per heavy atom. The fraction of sp³-hybridized carbons (Fsp3) is 0.500. The quantitative estimate of drug-likeness (QED) is 0.849. The first-order chi connectivity index (χ1) is 6.74. The maximum atomic E-state index is 3.54. The van der Waals surface area contributed by atoms with Gasteiger partial charge in [0.2, 0.25) is 0 Å². The van der Waals surface area contributed by atoms with Crippen molar-refractivity contribution in [2.75, 3.05) is 6.54 Å². The van der Waals surface area contributed by atoms with E-state index >= 15 is 0 Å². The molecule has 0 aliphatic rings. The van der Waals surface area contributed by atoms with Crippen LogP contribution in [0.2, 0.25) is 0 Å². The van der Waals surface area contributed by atoms with E-state index in [0.717, 1.165) is 19.0 Å². The van der Waals surface area contributed by atoms with E-state index in [1.165, 1.54) is 16.5 Å². The Hall–Kier alpha value is -0.340. The maximum absolute atomic E-state index is 3.54. The van der Waals surface area contributed by atoms with Gasteiger partial charge in [0.05, 0.1) is 0 Å². The van der Waals surface area contributed by atoms with Crippen LogP contribution in [0, 0.1) is 5.92 Å². The first-order valence-electron chi connectivity index (χ1n) is 5.18. The van der Waals surface area contributed by atoms with Crippen LogP contribution in [0.4, 0.5) is 0 Å². The Labute approximate surface area is 95.0 Å². The summed E-state index contributed by atoms with van der Waals surface area (Å²) in [5.41, 5.74) is 1.33. The van der Waals surface area contributed by atoms with Gasteiger partial charge in [-0.3, -0.25) is 0 Å². The van der Waals surface area contributed by atoms with Crippen LogP contribution in [0.1, 0.15) is 25.8 Å².